The summed E-state index contributed by atoms with van der Waals surface area (Å²) in [5.74, 6) is -1.11. The van der Waals surface area contributed by atoms with Crippen molar-refractivity contribution in [2.45, 2.75) is 45.8 Å². The topological polar surface area (TPSA) is 84.5 Å². The molecule has 1 rings (SSSR count). The molecule has 0 unspecified atom stereocenters. The number of imide groups is 1. The van der Waals surface area contributed by atoms with Crippen molar-refractivity contribution in [3.05, 3.63) is 22.4 Å². The molecule has 1 heterocycles. The average Bonchev–Trinajstić information content (AvgIpc) is 2.88. The lowest BCUT2D eigenvalue weighted by Gasteiger charge is -2.14. The molecule has 116 valence electrons. The lowest BCUT2D eigenvalue weighted by Crippen LogP contribution is -2.46. The summed E-state index contributed by atoms with van der Waals surface area (Å²) in [4.78, 5) is 34.6. The molecule has 1 aromatic rings. The molecule has 1 aromatic heterocycles. The molecule has 0 spiro atoms. The molecule has 0 saturated carbocycles. The zero-order chi connectivity index (χ0) is 15.8. The number of thiophene rings is 1. The average molecular weight is 312 g/mol. The fourth-order valence-corrected chi connectivity index (χ4v) is 2.21. The molecule has 0 aliphatic rings. The molecule has 21 heavy (non-hydrogen) atoms. The number of amides is 3. The van der Waals surface area contributed by atoms with Crippen LogP contribution < -0.4 is 10.6 Å². The Kier molecular flexibility index (Phi) is 6.87. The van der Waals surface area contributed by atoms with E-state index in [1.165, 1.54) is 6.92 Å². The molecular formula is C14H20N2O4S. The van der Waals surface area contributed by atoms with E-state index in [-0.39, 0.29) is 12.5 Å². The van der Waals surface area contributed by atoms with Gasteiger partial charge in [0, 0.05) is 12.5 Å². The first kappa shape index (κ1) is 17.2. The van der Waals surface area contributed by atoms with Gasteiger partial charge in [0.25, 0.3) is 5.91 Å². The monoisotopic (exact) mass is 312 g/mol. The number of carbonyl (C=O) groups is 3. The van der Waals surface area contributed by atoms with Gasteiger partial charge in [0.05, 0.1) is 0 Å². The van der Waals surface area contributed by atoms with Crippen LogP contribution in [0.15, 0.2) is 16.8 Å². The van der Waals surface area contributed by atoms with Crippen LogP contribution in [0, 0.1) is 0 Å². The lowest BCUT2D eigenvalue weighted by molar-refractivity contribution is -0.154. The maximum atomic E-state index is 11.7. The number of rotatable bonds is 6. The van der Waals surface area contributed by atoms with Gasteiger partial charge in [-0.2, -0.15) is 11.3 Å². The number of esters is 1. The predicted octanol–water partition coefficient (Wildman–Crippen LogP) is 1.85. The highest BCUT2D eigenvalue weighted by Crippen LogP contribution is 2.09. The van der Waals surface area contributed by atoms with Crippen LogP contribution in [-0.4, -0.2) is 30.1 Å². The maximum Gasteiger partial charge on any atom is 0.321 e. The quantitative estimate of drug-likeness (QED) is 0.785. The Labute approximate surface area is 127 Å². The van der Waals surface area contributed by atoms with Crippen LogP contribution in [0.1, 0.15) is 32.8 Å². The Hall–Kier alpha value is -1.89. The molecule has 1 atom stereocenters. The highest BCUT2D eigenvalue weighted by molar-refractivity contribution is 7.07. The zero-order valence-corrected chi connectivity index (χ0v) is 13.2. The van der Waals surface area contributed by atoms with Crippen LogP contribution in [0.2, 0.25) is 0 Å². The SMILES string of the molecule is CC(C)NC(=O)NC(=O)[C@@H](C)OC(=O)CCc1ccsc1. The summed E-state index contributed by atoms with van der Waals surface area (Å²) in [5.41, 5.74) is 1.06. The maximum absolute atomic E-state index is 11.7. The van der Waals surface area contributed by atoms with Crippen LogP contribution in [0.4, 0.5) is 4.79 Å². The fourth-order valence-electron chi connectivity index (χ4n) is 1.50. The van der Waals surface area contributed by atoms with Gasteiger partial charge in [-0.3, -0.25) is 14.9 Å². The molecule has 0 radical (unpaired) electrons. The largest absolute Gasteiger partial charge is 0.453 e. The van der Waals surface area contributed by atoms with Crippen molar-refractivity contribution < 1.29 is 19.1 Å². The van der Waals surface area contributed by atoms with Gasteiger partial charge in [0.1, 0.15) is 0 Å². The molecule has 0 aromatic carbocycles. The van der Waals surface area contributed by atoms with Crippen LogP contribution >= 0.6 is 11.3 Å². The Balaban J connectivity index is 2.30. The van der Waals surface area contributed by atoms with E-state index in [0.717, 1.165) is 5.56 Å². The molecule has 3 amide bonds. The molecule has 7 heteroatoms. The van der Waals surface area contributed by atoms with E-state index < -0.39 is 24.0 Å². The summed E-state index contributed by atoms with van der Waals surface area (Å²) in [5, 5.41) is 8.53. The first-order valence-electron chi connectivity index (χ1n) is 6.70. The normalized spacial score (nSPS) is 11.8. The van der Waals surface area contributed by atoms with E-state index in [1.807, 2.05) is 16.8 Å². The van der Waals surface area contributed by atoms with Gasteiger partial charge in [-0.1, -0.05) is 0 Å². The fraction of sp³-hybridized carbons (Fsp3) is 0.500. The third kappa shape index (κ3) is 6.89. The zero-order valence-electron chi connectivity index (χ0n) is 12.3. The minimum absolute atomic E-state index is 0.0822. The van der Waals surface area contributed by atoms with Crippen molar-refractivity contribution in [2.75, 3.05) is 0 Å². The van der Waals surface area contributed by atoms with E-state index in [0.29, 0.717) is 6.42 Å². The van der Waals surface area contributed by atoms with Crippen molar-refractivity contribution in [2.24, 2.45) is 0 Å². The van der Waals surface area contributed by atoms with Crippen LogP contribution in [0.5, 0.6) is 0 Å². The summed E-state index contributed by atoms with van der Waals surface area (Å²) in [6, 6.07) is 1.25. The molecule has 2 N–H and O–H groups in total. The Morgan fingerprint density at radius 1 is 1.29 bits per heavy atom. The number of carbonyl (C=O) groups excluding carboxylic acids is 3. The van der Waals surface area contributed by atoms with Gasteiger partial charge < -0.3 is 10.1 Å². The first-order valence-corrected chi connectivity index (χ1v) is 7.64. The molecule has 0 fully saturated rings. The summed E-state index contributed by atoms with van der Waals surface area (Å²) < 4.78 is 4.99. The van der Waals surface area contributed by atoms with E-state index in [9.17, 15) is 14.4 Å². The van der Waals surface area contributed by atoms with Gasteiger partial charge in [-0.15, -0.1) is 0 Å². The lowest BCUT2D eigenvalue weighted by atomic mass is 10.2. The van der Waals surface area contributed by atoms with Crippen molar-refractivity contribution in [3.63, 3.8) is 0 Å². The second kappa shape index (κ2) is 8.41. The Morgan fingerprint density at radius 3 is 2.57 bits per heavy atom. The predicted molar refractivity (Wildman–Crippen MR) is 80.0 cm³/mol. The summed E-state index contributed by atoms with van der Waals surface area (Å²) >= 11 is 1.56. The van der Waals surface area contributed by atoms with E-state index in [1.54, 1.807) is 25.2 Å². The Morgan fingerprint density at radius 2 is 2.00 bits per heavy atom. The van der Waals surface area contributed by atoms with Crippen molar-refractivity contribution in [1.29, 1.82) is 0 Å². The van der Waals surface area contributed by atoms with Gasteiger partial charge >= 0.3 is 12.0 Å². The molecule has 0 saturated heterocycles. The van der Waals surface area contributed by atoms with Crippen molar-refractivity contribution >= 4 is 29.2 Å². The number of aryl methyl sites for hydroxylation is 1. The second-order valence-corrected chi connectivity index (χ2v) is 5.66. The van der Waals surface area contributed by atoms with Crippen molar-refractivity contribution in [3.8, 4) is 0 Å². The highest BCUT2D eigenvalue weighted by Gasteiger charge is 2.20. The van der Waals surface area contributed by atoms with Gasteiger partial charge in [-0.25, -0.2) is 4.79 Å². The standard InChI is InChI=1S/C14H20N2O4S/c1-9(2)15-14(19)16-13(18)10(3)20-12(17)5-4-11-6-7-21-8-11/h6-10H,4-5H2,1-3H3,(H2,15,16,18,19)/t10-/m1/s1. The molecule has 0 bridgehead atoms. The van der Waals surface area contributed by atoms with Crippen LogP contribution in [0.25, 0.3) is 0 Å². The number of ether oxygens (including phenoxy) is 1. The van der Waals surface area contributed by atoms with Crippen LogP contribution in [-0.2, 0) is 20.7 Å². The minimum atomic E-state index is -1.00. The Bertz CT molecular complexity index is 485. The first-order chi connectivity index (χ1) is 9.88. The van der Waals surface area contributed by atoms with Gasteiger partial charge in [0.2, 0.25) is 0 Å². The van der Waals surface area contributed by atoms with Gasteiger partial charge in [-0.05, 0) is 49.6 Å². The number of urea groups is 1. The number of nitrogens with one attached hydrogen (secondary N) is 2. The van der Waals surface area contributed by atoms with Crippen LogP contribution in [0.3, 0.4) is 0 Å². The summed E-state index contributed by atoms with van der Waals surface area (Å²) in [6.45, 7) is 4.98. The molecule has 6 nitrogen and oxygen atoms in total. The third-order valence-corrected chi connectivity index (χ3v) is 3.26. The van der Waals surface area contributed by atoms with Crippen molar-refractivity contribution in [1.82, 2.24) is 10.6 Å². The van der Waals surface area contributed by atoms with E-state index in [4.69, 9.17) is 4.74 Å². The van der Waals surface area contributed by atoms with E-state index >= 15 is 0 Å². The van der Waals surface area contributed by atoms with E-state index in [2.05, 4.69) is 10.6 Å². The second-order valence-electron chi connectivity index (χ2n) is 4.88. The third-order valence-electron chi connectivity index (χ3n) is 2.53. The minimum Gasteiger partial charge on any atom is -0.453 e. The molecule has 0 aliphatic heterocycles. The molecular weight excluding hydrogens is 292 g/mol. The summed E-state index contributed by atoms with van der Waals surface area (Å²) in [6.07, 6.45) is -0.227. The highest BCUT2D eigenvalue weighted by atomic mass is 32.1. The van der Waals surface area contributed by atoms with Gasteiger partial charge in [0.15, 0.2) is 6.10 Å². The summed E-state index contributed by atoms with van der Waals surface area (Å²) in [7, 11) is 0. The molecule has 0 aliphatic carbocycles. The number of hydrogen-bond donors (Lipinski definition) is 2. The number of hydrogen-bond acceptors (Lipinski definition) is 5. The smallest absolute Gasteiger partial charge is 0.321 e.